The van der Waals surface area contributed by atoms with Crippen LogP contribution in [0.15, 0.2) is 30.3 Å². The fraction of sp³-hybridized carbons (Fsp3) is 0.286. The standard InChI is InChI=1S/C21H24N2O5S/c1-6-28-21(26)17-13(2)18(20(25)23(3)4)29-19(17)22-16(24)11-10-14-8-7-9-15(12-14)27-5/h7-12H,6H2,1-5H3,(H,22,24)/b11-10+. The average Bonchev–Trinajstić information content (AvgIpc) is 3.01. The van der Waals surface area contributed by atoms with E-state index in [2.05, 4.69) is 5.32 Å². The summed E-state index contributed by atoms with van der Waals surface area (Å²) in [5, 5.41) is 2.98. The van der Waals surface area contributed by atoms with Crippen LogP contribution in [-0.2, 0) is 9.53 Å². The first-order chi connectivity index (χ1) is 13.8. The number of carbonyl (C=O) groups is 3. The number of ether oxygens (including phenoxy) is 2. The maximum absolute atomic E-state index is 12.4. The Hall–Kier alpha value is -3.13. The molecule has 0 aliphatic rings. The second kappa shape index (κ2) is 9.88. The molecular formula is C21H24N2O5S. The van der Waals surface area contributed by atoms with Crippen LogP contribution in [-0.4, -0.2) is 50.5 Å². The summed E-state index contributed by atoms with van der Waals surface area (Å²) in [4.78, 5) is 39.0. The zero-order valence-electron chi connectivity index (χ0n) is 17.1. The van der Waals surface area contributed by atoms with Gasteiger partial charge >= 0.3 is 5.97 Å². The van der Waals surface area contributed by atoms with Gasteiger partial charge in [-0.15, -0.1) is 11.3 Å². The molecule has 0 fully saturated rings. The summed E-state index contributed by atoms with van der Waals surface area (Å²) in [6.45, 7) is 3.55. The van der Waals surface area contributed by atoms with Gasteiger partial charge in [0.2, 0.25) is 5.91 Å². The molecule has 0 bridgehead atoms. The zero-order valence-corrected chi connectivity index (χ0v) is 17.9. The van der Waals surface area contributed by atoms with Crippen molar-refractivity contribution in [3.05, 3.63) is 51.9 Å². The molecule has 1 heterocycles. The quantitative estimate of drug-likeness (QED) is 0.551. The Morgan fingerprint density at radius 3 is 2.59 bits per heavy atom. The molecule has 2 aromatic rings. The molecule has 7 nitrogen and oxygen atoms in total. The second-order valence-electron chi connectivity index (χ2n) is 6.28. The van der Waals surface area contributed by atoms with E-state index in [4.69, 9.17) is 9.47 Å². The van der Waals surface area contributed by atoms with Crippen LogP contribution in [0.25, 0.3) is 6.08 Å². The van der Waals surface area contributed by atoms with Crippen molar-refractivity contribution in [3.63, 3.8) is 0 Å². The predicted molar refractivity (Wildman–Crippen MR) is 114 cm³/mol. The molecule has 8 heteroatoms. The van der Waals surface area contributed by atoms with Crippen molar-refractivity contribution < 1.29 is 23.9 Å². The van der Waals surface area contributed by atoms with E-state index in [0.29, 0.717) is 16.2 Å². The van der Waals surface area contributed by atoms with Crippen LogP contribution >= 0.6 is 11.3 Å². The van der Waals surface area contributed by atoms with Crippen LogP contribution in [0.4, 0.5) is 5.00 Å². The number of carbonyl (C=O) groups excluding carboxylic acids is 3. The third kappa shape index (κ3) is 5.45. The van der Waals surface area contributed by atoms with Gasteiger partial charge in [-0.3, -0.25) is 9.59 Å². The van der Waals surface area contributed by atoms with Crippen molar-refractivity contribution in [1.29, 1.82) is 0 Å². The highest BCUT2D eigenvalue weighted by Crippen LogP contribution is 2.34. The Labute approximate surface area is 173 Å². The number of anilines is 1. The highest BCUT2D eigenvalue weighted by atomic mass is 32.1. The highest BCUT2D eigenvalue weighted by Gasteiger charge is 2.27. The van der Waals surface area contributed by atoms with Crippen LogP contribution in [0.2, 0.25) is 0 Å². The number of thiophene rings is 1. The maximum atomic E-state index is 12.4. The van der Waals surface area contributed by atoms with Gasteiger partial charge in [-0.2, -0.15) is 0 Å². The van der Waals surface area contributed by atoms with Crippen molar-refractivity contribution in [2.45, 2.75) is 13.8 Å². The summed E-state index contributed by atoms with van der Waals surface area (Å²) in [5.41, 5.74) is 1.47. The SMILES string of the molecule is CCOC(=O)c1c(NC(=O)/C=C/c2cccc(OC)c2)sc(C(=O)N(C)C)c1C. The number of nitrogens with one attached hydrogen (secondary N) is 1. The summed E-state index contributed by atoms with van der Waals surface area (Å²) in [7, 11) is 4.82. The number of amides is 2. The largest absolute Gasteiger partial charge is 0.497 e. The molecule has 0 saturated carbocycles. The van der Waals surface area contributed by atoms with Gasteiger partial charge in [0.05, 0.1) is 24.2 Å². The minimum Gasteiger partial charge on any atom is -0.497 e. The van der Waals surface area contributed by atoms with Gasteiger partial charge < -0.3 is 19.7 Å². The Balaban J connectivity index is 2.30. The number of benzene rings is 1. The van der Waals surface area contributed by atoms with Crippen molar-refractivity contribution in [1.82, 2.24) is 4.90 Å². The minimum absolute atomic E-state index is 0.189. The van der Waals surface area contributed by atoms with Crippen molar-refractivity contribution in [3.8, 4) is 5.75 Å². The molecule has 0 spiro atoms. The number of esters is 1. The molecule has 0 unspecified atom stereocenters. The fourth-order valence-corrected chi connectivity index (χ4v) is 3.75. The van der Waals surface area contributed by atoms with Crippen LogP contribution in [0, 0.1) is 6.92 Å². The highest BCUT2D eigenvalue weighted by molar-refractivity contribution is 7.18. The molecular weight excluding hydrogens is 392 g/mol. The summed E-state index contributed by atoms with van der Waals surface area (Å²) in [6.07, 6.45) is 2.99. The molecule has 0 aliphatic heterocycles. The van der Waals surface area contributed by atoms with Gasteiger partial charge in [0.15, 0.2) is 0 Å². The molecule has 1 N–H and O–H groups in total. The molecule has 2 rings (SSSR count). The smallest absolute Gasteiger partial charge is 0.341 e. The molecule has 0 atom stereocenters. The first-order valence-electron chi connectivity index (χ1n) is 8.93. The predicted octanol–water partition coefficient (Wildman–Crippen LogP) is 3.60. The van der Waals surface area contributed by atoms with Gasteiger partial charge in [-0.05, 0) is 43.2 Å². The van der Waals surface area contributed by atoms with Gasteiger partial charge in [-0.25, -0.2) is 4.79 Å². The van der Waals surface area contributed by atoms with E-state index in [1.807, 2.05) is 12.1 Å². The van der Waals surface area contributed by atoms with Crippen LogP contribution in [0.1, 0.15) is 38.1 Å². The number of hydrogen-bond donors (Lipinski definition) is 1. The fourth-order valence-electron chi connectivity index (χ4n) is 2.53. The van der Waals surface area contributed by atoms with E-state index < -0.39 is 11.9 Å². The van der Waals surface area contributed by atoms with E-state index in [9.17, 15) is 14.4 Å². The molecule has 1 aromatic carbocycles. The number of methoxy groups -OCH3 is 1. The van der Waals surface area contributed by atoms with Gasteiger partial charge in [0.25, 0.3) is 5.91 Å². The topological polar surface area (TPSA) is 84.9 Å². The van der Waals surface area contributed by atoms with Crippen LogP contribution in [0.3, 0.4) is 0 Å². The van der Waals surface area contributed by atoms with E-state index in [1.54, 1.807) is 53.3 Å². The summed E-state index contributed by atoms with van der Waals surface area (Å²) >= 11 is 1.05. The Morgan fingerprint density at radius 2 is 1.97 bits per heavy atom. The van der Waals surface area contributed by atoms with E-state index >= 15 is 0 Å². The third-order valence-corrected chi connectivity index (χ3v) is 5.18. The lowest BCUT2D eigenvalue weighted by Gasteiger charge is -2.09. The molecule has 29 heavy (non-hydrogen) atoms. The lowest BCUT2D eigenvalue weighted by molar-refractivity contribution is -0.111. The monoisotopic (exact) mass is 416 g/mol. The first-order valence-corrected chi connectivity index (χ1v) is 9.75. The normalized spacial score (nSPS) is 10.7. The Kier molecular flexibility index (Phi) is 7.55. The lowest BCUT2D eigenvalue weighted by atomic mass is 10.1. The number of rotatable bonds is 7. The molecule has 154 valence electrons. The van der Waals surface area contributed by atoms with E-state index in [0.717, 1.165) is 16.9 Å². The van der Waals surface area contributed by atoms with Crippen molar-refractivity contribution in [2.75, 3.05) is 33.1 Å². The van der Waals surface area contributed by atoms with Crippen molar-refractivity contribution >= 4 is 40.2 Å². The number of nitrogens with zero attached hydrogens (tertiary/aromatic N) is 1. The molecule has 0 radical (unpaired) electrons. The minimum atomic E-state index is -0.578. The Morgan fingerprint density at radius 1 is 1.24 bits per heavy atom. The van der Waals surface area contributed by atoms with Crippen LogP contribution in [0.5, 0.6) is 5.75 Å². The van der Waals surface area contributed by atoms with Gasteiger partial charge in [0, 0.05) is 20.2 Å². The molecule has 0 aliphatic carbocycles. The zero-order chi connectivity index (χ0) is 21.6. The van der Waals surface area contributed by atoms with Crippen LogP contribution < -0.4 is 10.1 Å². The first kappa shape index (κ1) is 22.2. The summed E-state index contributed by atoms with van der Waals surface area (Å²) in [5.74, 6) is -0.571. The Bertz CT molecular complexity index is 947. The molecule has 2 amide bonds. The van der Waals surface area contributed by atoms with E-state index in [1.165, 1.54) is 11.0 Å². The average molecular weight is 416 g/mol. The summed E-state index contributed by atoms with van der Waals surface area (Å²) in [6, 6.07) is 7.24. The third-order valence-electron chi connectivity index (χ3n) is 3.98. The van der Waals surface area contributed by atoms with Crippen molar-refractivity contribution in [2.24, 2.45) is 0 Å². The van der Waals surface area contributed by atoms with Gasteiger partial charge in [-0.1, -0.05) is 12.1 Å². The molecule has 0 saturated heterocycles. The maximum Gasteiger partial charge on any atom is 0.341 e. The van der Waals surface area contributed by atoms with Gasteiger partial charge in [0.1, 0.15) is 10.8 Å². The second-order valence-corrected chi connectivity index (χ2v) is 7.30. The van der Waals surface area contributed by atoms with E-state index in [-0.39, 0.29) is 23.1 Å². The lowest BCUT2D eigenvalue weighted by Crippen LogP contribution is -2.21. The number of hydrogen-bond acceptors (Lipinski definition) is 6. The molecule has 1 aromatic heterocycles. The summed E-state index contributed by atoms with van der Waals surface area (Å²) < 4.78 is 10.3.